The quantitative estimate of drug-likeness (QED) is 0.570. The normalized spacial score (nSPS) is 10.1. The van der Waals surface area contributed by atoms with E-state index in [1.807, 2.05) is 6.07 Å². The van der Waals surface area contributed by atoms with E-state index in [0.29, 0.717) is 24.7 Å². The van der Waals surface area contributed by atoms with Gasteiger partial charge in [-0.1, -0.05) is 6.92 Å². The van der Waals surface area contributed by atoms with Gasteiger partial charge in [0.05, 0.1) is 19.4 Å². The Hall–Kier alpha value is -1.42. The number of hydrogen-bond donors (Lipinski definition) is 1. The van der Waals surface area contributed by atoms with Gasteiger partial charge in [-0.3, -0.25) is 0 Å². The molecule has 0 aliphatic heterocycles. The Kier molecular flexibility index (Phi) is 5.50. The average Bonchev–Trinajstić information content (AvgIpc) is 2.31. The topological polar surface area (TPSA) is 53.7 Å². The maximum Gasteiger partial charge on any atom is 0.145 e. The van der Waals surface area contributed by atoms with Gasteiger partial charge in [-0.2, -0.15) is 0 Å². The summed E-state index contributed by atoms with van der Waals surface area (Å²) in [6, 6.07) is 5.36. The summed E-state index contributed by atoms with van der Waals surface area (Å²) in [4.78, 5) is 0. The van der Waals surface area contributed by atoms with Crippen LogP contribution in [0.4, 0.5) is 5.69 Å². The van der Waals surface area contributed by atoms with Gasteiger partial charge in [-0.15, -0.1) is 0 Å². The number of nitrogens with two attached hydrogens (primary N) is 1. The lowest BCUT2D eigenvalue weighted by Crippen LogP contribution is -2.07. The van der Waals surface area contributed by atoms with Gasteiger partial charge in [0.2, 0.25) is 0 Å². The lowest BCUT2D eigenvalue weighted by Gasteiger charge is -2.09. The van der Waals surface area contributed by atoms with Crippen LogP contribution in [0.15, 0.2) is 18.2 Å². The molecule has 0 radical (unpaired) electrons. The molecule has 0 aliphatic rings. The third-order valence-electron chi connectivity index (χ3n) is 2.05. The van der Waals surface area contributed by atoms with E-state index < -0.39 is 0 Å². The molecule has 0 spiro atoms. The fourth-order valence-corrected chi connectivity index (χ4v) is 1.25. The Morgan fingerprint density at radius 3 is 2.69 bits per heavy atom. The van der Waals surface area contributed by atoms with Gasteiger partial charge >= 0.3 is 0 Å². The van der Waals surface area contributed by atoms with Crippen LogP contribution in [0.1, 0.15) is 13.3 Å². The highest BCUT2D eigenvalue weighted by atomic mass is 16.5. The van der Waals surface area contributed by atoms with E-state index in [0.717, 1.165) is 18.8 Å². The molecule has 0 bridgehead atoms. The minimum atomic E-state index is 0.535. The average molecular weight is 225 g/mol. The highest BCUT2D eigenvalue weighted by Crippen LogP contribution is 2.26. The number of anilines is 1. The second kappa shape index (κ2) is 6.95. The molecule has 0 saturated carbocycles. The van der Waals surface area contributed by atoms with Crippen LogP contribution in [0.25, 0.3) is 0 Å². The Morgan fingerprint density at radius 2 is 2.00 bits per heavy atom. The van der Waals surface area contributed by atoms with Crippen LogP contribution in [0.5, 0.6) is 11.5 Å². The summed E-state index contributed by atoms with van der Waals surface area (Å²) in [5, 5.41) is 0. The molecular formula is C12H19NO3. The van der Waals surface area contributed by atoms with Crippen molar-refractivity contribution in [2.75, 3.05) is 32.7 Å². The lowest BCUT2D eigenvalue weighted by atomic mass is 10.3. The lowest BCUT2D eigenvalue weighted by molar-refractivity contribution is 0.101. The van der Waals surface area contributed by atoms with E-state index in [9.17, 15) is 0 Å². The molecule has 1 aromatic carbocycles. The molecule has 0 atom stereocenters. The molecule has 4 nitrogen and oxygen atoms in total. The van der Waals surface area contributed by atoms with Crippen molar-refractivity contribution in [1.82, 2.24) is 0 Å². The molecule has 0 aromatic heterocycles. The van der Waals surface area contributed by atoms with Crippen LogP contribution in [0, 0.1) is 0 Å². The van der Waals surface area contributed by atoms with Crippen LogP contribution in [-0.4, -0.2) is 26.9 Å². The molecule has 0 heterocycles. The Labute approximate surface area is 96.3 Å². The Bertz CT molecular complexity index is 315. The van der Waals surface area contributed by atoms with E-state index in [1.54, 1.807) is 19.2 Å². The molecule has 0 saturated heterocycles. The summed E-state index contributed by atoms with van der Waals surface area (Å²) in [5.41, 5.74) is 6.30. The molecule has 0 aliphatic carbocycles. The minimum Gasteiger partial charge on any atom is -0.494 e. The van der Waals surface area contributed by atoms with Crippen LogP contribution in [0.3, 0.4) is 0 Å². The molecular weight excluding hydrogens is 206 g/mol. The zero-order chi connectivity index (χ0) is 11.8. The van der Waals surface area contributed by atoms with Crippen molar-refractivity contribution in [2.45, 2.75) is 13.3 Å². The number of benzene rings is 1. The summed E-state index contributed by atoms with van der Waals surface area (Å²) < 4.78 is 15.9. The number of ether oxygens (including phenoxy) is 3. The molecule has 2 N–H and O–H groups in total. The van der Waals surface area contributed by atoms with Gasteiger partial charge in [0.25, 0.3) is 0 Å². The summed E-state index contributed by atoms with van der Waals surface area (Å²) in [5.74, 6) is 1.37. The van der Waals surface area contributed by atoms with Crippen molar-refractivity contribution < 1.29 is 14.2 Å². The third-order valence-corrected chi connectivity index (χ3v) is 2.05. The van der Waals surface area contributed by atoms with Gasteiger partial charge < -0.3 is 19.9 Å². The van der Waals surface area contributed by atoms with E-state index in [-0.39, 0.29) is 0 Å². The maximum atomic E-state index is 5.69. The molecule has 0 amide bonds. The van der Waals surface area contributed by atoms with Gasteiger partial charge in [0.15, 0.2) is 0 Å². The zero-order valence-electron chi connectivity index (χ0n) is 9.86. The second-order valence-electron chi connectivity index (χ2n) is 3.36. The van der Waals surface area contributed by atoms with E-state index in [1.165, 1.54) is 0 Å². The van der Waals surface area contributed by atoms with Gasteiger partial charge in [0, 0.05) is 12.7 Å². The van der Waals surface area contributed by atoms with Crippen molar-refractivity contribution >= 4 is 5.69 Å². The summed E-state index contributed by atoms with van der Waals surface area (Å²) in [7, 11) is 1.58. The maximum absolute atomic E-state index is 5.69. The number of hydrogen-bond acceptors (Lipinski definition) is 4. The largest absolute Gasteiger partial charge is 0.494 e. The van der Waals surface area contributed by atoms with E-state index in [2.05, 4.69) is 6.92 Å². The Morgan fingerprint density at radius 1 is 1.19 bits per heavy atom. The molecule has 1 rings (SSSR count). The first-order valence-corrected chi connectivity index (χ1v) is 5.42. The number of nitrogen functional groups attached to an aromatic ring is 1. The second-order valence-corrected chi connectivity index (χ2v) is 3.36. The van der Waals surface area contributed by atoms with Gasteiger partial charge in [-0.25, -0.2) is 0 Å². The monoisotopic (exact) mass is 225 g/mol. The first-order valence-electron chi connectivity index (χ1n) is 5.42. The van der Waals surface area contributed by atoms with Crippen LogP contribution in [-0.2, 0) is 4.74 Å². The molecule has 90 valence electrons. The molecule has 0 unspecified atom stereocenters. The summed E-state index contributed by atoms with van der Waals surface area (Å²) >= 11 is 0. The van der Waals surface area contributed by atoms with E-state index in [4.69, 9.17) is 19.9 Å². The van der Waals surface area contributed by atoms with E-state index >= 15 is 0 Å². The van der Waals surface area contributed by atoms with Crippen molar-refractivity contribution in [2.24, 2.45) is 0 Å². The van der Waals surface area contributed by atoms with Crippen molar-refractivity contribution in [3.8, 4) is 11.5 Å². The SMILES string of the molecule is CCCOCCOc1ccc(N)c(OC)c1. The fraction of sp³-hybridized carbons (Fsp3) is 0.500. The first-order chi connectivity index (χ1) is 7.77. The summed E-state index contributed by atoms with van der Waals surface area (Å²) in [6.07, 6.45) is 1.02. The number of methoxy groups -OCH3 is 1. The highest BCUT2D eigenvalue weighted by Gasteiger charge is 2.01. The molecule has 16 heavy (non-hydrogen) atoms. The predicted molar refractivity (Wildman–Crippen MR) is 64.0 cm³/mol. The Balaban J connectivity index is 2.36. The molecule has 0 fully saturated rings. The highest BCUT2D eigenvalue weighted by molar-refractivity contribution is 5.55. The van der Waals surface area contributed by atoms with Crippen molar-refractivity contribution in [1.29, 1.82) is 0 Å². The van der Waals surface area contributed by atoms with Crippen LogP contribution >= 0.6 is 0 Å². The van der Waals surface area contributed by atoms with Crippen LogP contribution in [0.2, 0.25) is 0 Å². The first kappa shape index (κ1) is 12.6. The van der Waals surface area contributed by atoms with Crippen molar-refractivity contribution in [3.05, 3.63) is 18.2 Å². The summed E-state index contributed by atoms with van der Waals surface area (Å²) in [6.45, 7) is 3.98. The fourth-order valence-electron chi connectivity index (χ4n) is 1.25. The van der Waals surface area contributed by atoms with Gasteiger partial charge in [-0.05, 0) is 18.6 Å². The molecule has 4 heteroatoms. The molecule has 1 aromatic rings. The number of rotatable bonds is 7. The predicted octanol–water partition coefficient (Wildman–Crippen LogP) is 2.08. The smallest absolute Gasteiger partial charge is 0.145 e. The van der Waals surface area contributed by atoms with Crippen LogP contribution < -0.4 is 15.2 Å². The van der Waals surface area contributed by atoms with Crippen molar-refractivity contribution in [3.63, 3.8) is 0 Å². The standard InChI is InChI=1S/C12H19NO3/c1-3-6-15-7-8-16-10-4-5-11(13)12(9-10)14-2/h4-5,9H,3,6-8,13H2,1-2H3. The van der Waals surface area contributed by atoms with Gasteiger partial charge in [0.1, 0.15) is 18.1 Å². The zero-order valence-corrected chi connectivity index (χ0v) is 9.86. The third kappa shape index (κ3) is 3.98. The minimum absolute atomic E-state index is 0.535.